The van der Waals surface area contributed by atoms with Gasteiger partial charge in [0, 0.05) is 16.7 Å². The van der Waals surface area contributed by atoms with Gasteiger partial charge in [-0.25, -0.2) is 15.0 Å². The van der Waals surface area contributed by atoms with E-state index >= 15 is 0 Å². The van der Waals surface area contributed by atoms with E-state index in [1.807, 2.05) is 36.4 Å². The van der Waals surface area contributed by atoms with Crippen molar-refractivity contribution in [3.8, 4) is 67.5 Å². The second-order valence-corrected chi connectivity index (χ2v) is 14.0. The highest BCUT2D eigenvalue weighted by Crippen LogP contribution is 2.56. The third kappa shape index (κ3) is 5.65. The fourth-order valence-corrected chi connectivity index (χ4v) is 8.30. The van der Waals surface area contributed by atoms with Gasteiger partial charge in [0.05, 0.1) is 5.41 Å². The average molecular weight is 702 g/mol. The van der Waals surface area contributed by atoms with Crippen LogP contribution in [0.5, 0.6) is 0 Å². The molecule has 0 radical (unpaired) electrons. The molecule has 1 aliphatic rings. The van der Waals surface area contributed by atoms with Crippen LogP contribution in [0.1, 0.15) is 22.3 Å². The van der Waals surface area contributed by atoms with Crippen LogP contribution in [0.4, 0.5) is 0 Å². The van der Waals surface area contributed by atoms with Crippen molar-refractivity contribution in [3.63, 3.8) is 0 Å². The number of benzene rings is 8. The Labute approximate surface area is 321 Å². The molecular formula is C52H35N3. The maximum Gasteiger partial charge on any atom is 0.164 e. The van der Waals surface area contributed by atoms with E-state index in [2.05, 4.69) is 176 Å². The van der Waals surface area contributed by atoms with E-state index in [4.69, 9.17) is 15.0 Å². The van der Waals surface area contributed by atoms with Crippen LogP contribution >= 0.6 is 0 Å². The SMILES string of the molecule is c1ccc(-c2cccc(-c3nc(-c4ccccc4)nc(-c4cccc(-c5cccc(C6(c7ccccc7)c7ccccc7-c7ccccc76)c5)c4)n3)c2)cc1. The Morgan fingerprint density at radius 1 is 0.255 bits per heavy atom. The van der Waals surface area contributed by atoms with E-state index in [-0.39, 0.29) is 0 Å². The molecule has 3 heteroatoms. The number of fused-ring (bicyclic) bond motifs is 3. The van der Waals surface area contributed by atoms with Gasteiger partial charge < -0.3 is 0 Å². The van der Waals surface area contributed by atoms with Crippen LogP contribution in [-0.4, -0.2) is 15.0 Å². The highest BCUT2D eigenvalue weighted by atomic mass is 15.0. The van der Waals surface area contributed by atoms with Crippen LogP contribution in [0.3, 0.4) is 0 Å². The molecular weight excluding hydrogens is 667 g/mol. The van der Waals surface area contributed by atoms with Crippen molar-refractivity contribution < 1.29 is 0 Å². The van der Waals surface area contributed by atoms with Crippen LogP contribution in [0.25, 0.3) is 67.5 Å². The van der Waals surface area contributed by atoms with Crippen molar-refractivity contribution in [1.29, 1.82) is 0 Å². The first-order valence-electron chi connectivity index (χ1n) is 18.7. The first-order valence-corrected chi connectivity index (χ1v) is 18.7. The van der Waals surface area contributed by atoms with Crippen LogP contribution < -0.4 is 0 Å². The molecule has 10 rings (SSSR count). The van der Waals surface area contributed by atoms with Gasteiger partial charge in [0.15, 0.2) is 17.5 Å². The fourth-order valence-electron chi connectivity index (χ4n) is 8.30. The summed E-state index contributed by atoms with van der Waals surface area (Å²) in [5, 5.41) is 0. The Kier molecular flexibility index (Phi) is 8.04. The molecule has 0 N–H and O–H groups in total. The van der Waals surface area contributed by atoms with E-state index in [1.54, 1.807) is 0 Å². The maximum absolute atomic E-state index is 5.13. The molecule has 1 aliphatic carbocycles. The zero-order chi connectivity index (χ0) is 36.6. The topological polar surface area (TPSA) is 38.7 Å². The summed E-state index contributed by atoms with van der Waals surface area (Å²) in [6.45, 7) is 0. The van der Waals surface area contributed by atoms with E-state index in [0.29, 0.717) is 17.5 Å². The highest BCUT2D eigenvalue weighted by Gasteiger charge is 2.45. The second kappa shape index (κ2) is 13.6. The minimum absolute atomic E-state index is 0.468. The summed E-state index contributed by atoms with van der Waals surface area (Å²) in [7, 11) is 0. The first kappa shape index (κ1) is 32.4. The molecule has 258 valence electrons. The summed E-state index contributed by atoms with van der Waals surface area (Å²) < 4.78 is 0. The normalized spacial score (nSPS) is 12.5. The number of hydrogen-bond acceptors (Lipinski definition) is 3. The van der Waals surface area contributed by atoms with Crippen molar-refractivity contribution in [2.75, 3.05) is 0 Å². The summed E-state index contributed by atoms with van der Waals surface area (Å²) in [4.78, 5) is 15.2. The lowest BCUT2D eigenvalue weighted by Gasteiger charge is -2.34. The monoisotopic (exact) mass is 701 g/mol. The molecule has 0 atom stereocenters. The van der Waals surface area contributed by atoms with E-state index in [9.17, 15) is 0 Å². The Bertz CT molecular complexity index is 2770. The van der Waals surface area contributed by atoms with Crippen LogP contribution in [0.15, 0.2) is 212 Å². The van der Waals surface area contributed by atoms with E-state index in [0.717, 1.165) is 38.9 Å². The van der Waals surface area contributed by atoms with Gasteiger partial charge in [-0.15, -0.1) is 0 Å². The number of hydrogen-bond donors (Lipinski definition) is 0. The molecule has 9 aromatic rings. The van der Waals surface area contributed by atoms with Gasteiger partial charge >= 0.3 is 0 Å². The molecule has 8 aromatic carbocycles. The zero-order valence-electron chi connectivity index (χ0n) is 30.0. The highest BCUT2D eigenvalue weighted by molar-refractivity contribution is 5.87. The fraction of sp³-hybridized carbons (Fsp3) is 0.0192. The van der Waals surface area contributed by atoms with Crippen LogP contribution in [0, 0.1) is 0 Å². The van der Waals surface area contributed by atoms with Gasteiger partial charge in [-0.05, 0) is 73.8 Å². The molecule has 1 heterocycles. The molecule has 55 heavy (non-hydrogen) atoms. The maximum atomic E-state index is 5.13. The molecule has 0 amide bonds. The van der Waals surface area contributed by atoms with Crippen molar-refractivity contribution in [2.45, 2.75) is 5.41 Å². The van der Waals surface area contributed by atoms with Gasteiger partial charge in [-0.3, -0.25) is 0 Å². The van der Waals surface area contributed by atoms with E-state index < -0.39 is 5.41 Å². The Balaban J connectivity index is 1.11. The third-order valence-electron chi connectivity index (χ3n) is 10.8. The molecule has 0 bridgehead atoms. The van der Waals surface area contributed by atoms with Crippen molar-refractivity contribution in [3.05, 3.63) is 235 Å². The van der Waals surface area contributed by atoms with Gasteiger partial charge in [-0.1, -0.05) is 194 Å². The van der Waals surface area contributed by atoms with Crippen molar-refractivity contribution >= 4 is 0 Å². The van der Waals surface area contributed by atoms with Gasteiger partial charge in [-0.2, -0.15) is 0 Å². The van der Waals surface area contributed by atoms with Gasteiger partial charge in [0.25, 0.3) is 0 Å². The zero-order valence-corrected chi connectivity index (χ0v) is 30.0. The number of nitrogens with zero attached hydrogens (tertiary/aromatic N) is 3. The summed E-state index contributed by atoms with van der Waals surface area (Å²) in [6.07, 6.45) is 0. The summed E-state index contributed by atoms with van der Waals surface area (Å²) in [6, 6.07) is 75.3. The van der Waals surface area contributed by atoms with E-state index in [1.165, 1.54) is 33.4 Å². The smallest absolute Gasteiger partial charge is 0.164 e. The molecule has 3 nitrogen and oxygen atoms in total. The lowest BCUT2D eigenvalue weighted by molar-refractivity contribution is 0.769. The molecule has 0 unspecified atom stereocenters. The minimum atomic E-state index is -0.468. The summed E-state index contributed by atoms with van der Waals surface area (Å²) in [5.41, 5.74) is 14.5. The lowest BCUT2D eigenvalue weighted by Crippen LogP contribution is -2.28. The molecule has 0 saturated heterocycles. The largest absolute Gasteiger partial charge is 0.208 e. The Morgan fingerprint density at radius 3 is 1.18 bits per heavy atom. The van der Waals surface area contributed by atoms with Gasteiger partial charge in [0.1, 0.15) is 0 Å². The van der Waals surface area contributed by atoms with Gasteiger partial charge in [0.2, 0.25) is 0 Å². The quantitative estimate of drug-likeness (QED) is 0.166. The first-order chi connectivity index (χ1) is 27.3. The number of aromatic nitrogens is 3. The lowest BCUT2D eigenvalue weighted by atomic mass is 9.67. The predicted molar refractivity (Wildman–Crippen MR) is 224 cm³/mol. The van der Waals surface area contributed by atoms with Crippen molar-refractivity contribution in [1.82, 2.24) is 15.0 Å². The summed E-state index contributed by atoms with van der Waals surface area (Å²) >= 11 is 0. The standard InChI is InChI=1S/C52H35N3/c1-4-17-36(18-5-1)38-21-14-24-41(33-38)50-53-49(37-19-6-2-7-20-37)54-51(55-50)42-25-15-22-39(34-42)40-23-16-28-44(35-40)52(43-26-8-3-9-27-43)47-31-12-10-29-45(47)46-30-11-13-32-48(46)52/h1-35H. The second-order valence-electron chi connectivity index (χ2n) is 14.0. The molecule has 0 spiro atoms. The molecule has 0 fully saturated rings. The molecule has 0 aliphatic heterocycles. The minimum Gasteiger partial charge on any atom is -0.208 e. The average Bonchev–Trinajstić information content (AvgIpc) is 3.58. The number of rotatable bonds is 7. The Morgan fingerprint density at radius 2 is 0.618 bits per heavy atom. The Hall–Kier alpha value is -7.23. The molecule has 1 aromatic heterocycles. The van der Waals surface area contributed by atoms with Crippen LogP contribution in [0.2, 0.25) is 0 Å². The predicted octanol–water partition coefficient (Wildman–Crippen LogP) is 12.6. The summed E-state index contributed by atoms with van der Waals surface area (Å²) in [5.74, 6) is 1.91. The molecule has 0 saturated carbocycles. The van der Waals surface area contributed by atoms with Crippen LogP contribution in [-0.2, 0) is 5.41 Å². The third-order valence-corrected chi connectivity index (χ3v) is 10.8. The van der Waals surface area contributed by atoms with Crippen molar-refractivity contribution in [2.24, 2.45) is 0 Å².